The van der Waals surface area contributed by atoms with E-state index in [4.69, 9.17) is 0 Å². The minimum Gasteiger partial charge on any atom is -0.289 e. The second-order valence-corrected chi connectivity index (χ2v) is 5.00. The van der Waals surface area contributed by atoms with Gasteiger partial charge in [0, 0.05) is 11.1 Å². The molecule has 0 spiro atoms. The van der Waals surface area contributed by atoms with Gasteiger partial charge in [-0.15, -0.1) is 0 Å². The largest absolute Gasteiger partial charge is 0.289 e. The van der Waals surface area contributed by atoms with Gasteiger partial charge in [-0.1, -0.05) is 54.6 Å². The van der Waals surface area contributed by atoms with Gasteiger partial charge in [-0.2, -0.15) is 0 Å². The van der Waals surface area contributed by atoms with Crippen LogP contribution in [0.2, 0.25) is 0 Å². The number of carbonyl (C=O) groups excluding carboxylic acids is 1. The Morgan fingerprint density at radius 1 is 0.750 bits per heavy atom. The molecule has 0 saturated carbocycles. The number of ketones is 1. The van der Waals surface area contributed by atoms with Crippen molar-refractivity contribution in [3.63, 3.8) is 0 Å². The second-order valence-electron chi connectivity index (χ2n) is 5.00. The number of benzene rings is 2. The molecule has 0 atom stereocenters. The lowest BCUT2D eigenvalue weighted by atomic mass is 9.87. The van der Waals surface area contributed by atoms with E-state index in [1.54, 1.807) is 6.08 Å². The third kappa shape index (κ3) is 1.53. The number of hydrogen-bond acceptors (Lipinski definition) is 1. The molecule has 0 radical (unpaired) electrons. The molecule has 0 heterocycles. The lowest BCUT2D eigenvalue weighted by Gasteiger charge is -2.15. The molecule has 0 amide bonds. The van der Waals surface area contributed by atoms with Crippen LogP contribution < -0.4 is 0 Å². The normalized spacial score (nSPS) is 16.0. The summed E-state index contributed by atoms with van der Waals surface area (Å²) in [5.41, 5.74) is 6.43. The van der Waals surface area contributed by atoms with Gasteiger partial charge in [-0.3, -0.25) is 4.79 Å². The zero-order chi connectivity index (χ0) is 13.5. The Labute approximate surface area is 117 Å². The number of carbonyl (C=O) groups is 1. The van der Waals surface area contributed by atoms with Gasteiger partial charge in [-0.25, -0.2) is 0 Å². The van der Waals surface area contributed by atoms with Gasteiger partial charge in [0.05, 0.1) is 0 Å². The van der Waals surface area contributed by atoms with E-state index in [1.165, 1.54) is 0 Å². The van der Waals surface area contributed by atoms with Crippen molar-refractivity contribution < 1.29 is 4.79 Å². The van der Waals surface area contributed by atoms with Crippen molar-refractivity contribution in [2.24, 2.45) is 0 Å². The van der Waals surface area contributed by atoms with Gasteiger partial charge in [-0.05, 0) is 40.5 Å². The molecular formula is C19H12O. The average molecular weight is 256 g/mol. The second kappa shape index (κ2) is 4.17. The first kappa shape index (κ1) is 11.2. The molecule has 0 unspecified atom stereocenters. The molecule has 0 N–H and O–H groups in total. The number of hydrogen-bond donors (Lipinski definition) is 0. The van der Waals surface area contributed by atoms with Crippen LogP contribution in [-0.4, -0.2) is 5.78 Å². The van der Waals surface area contributed by atoms with E-state index >= 15 is 0 Å². The van der Waals surface area contributed by atoms with Gasteiger partial charge >= 0.3 is 0 Å². The fraction of sp³-hybridized carbons (Fsp3) is 0. The molecule has 0 aromatic heterocycles. The molecule has 0 bridgehead atoms. The molecule has 1 nitrogen and oxygen atoms in total. The topological polar surface area (TPSA) is 17.1 Å². The fourth-order valence-electron chi connectivity index (χ4n) is 2.90. The maximum atomic E-state index is 12.1. The maximum Gasteiger partial charge on any atom is 0.186 e. The zero-order valence-electron chi connectivity index (χ0n) is 10.8. The Hall–Kier alpha value is -2.67. The smallest absolute Gasteiger partial charge is 0.186 e. The van der Waals surface area contributed by atoms with E-state index in [-0.39, 0.29) is 5.78 Å². The highest BCUT2D eigenvalue weighted by Gasteiger charge is 2.27. The third-order valence-corrected chi connectivity index (χ3v) is 3.82. The number of rotatable bonds is 1. The molecule has 2 aliphatic rings. The van der Waals surface area contributed by atoms with Gasteiger partial charge in [0.2, 0.25) is 0 Å². The number of fused-ring (bicyclic) bond motifs is 3. The summed E-state index contributed by atoms with van der Waals surface area (Å²) in [5, 5.41) is 0. The Kier molecular flexibility index (Phi) is 2.33. The summed E-state index contributed by atoms with van der Waals surface area (Å²) >= 11 is 0. The van der Waals surface area contributed by atoms with E-state index in [0.717, 1.165) is 33.4 Å². The first-order chi connectivity index (χ1) is 9.84. The number of allylic oxidation sites excluding steroid dienone is 5. The molecule has 20 heavy (non-hydrogen) atoms. The van der Waals surface area contributed by atoms with E-state index in [9.17, 15) is 4.79 Å². The zero-order valence-corrected chi connectivity index (χ0v) is 10.8. The van der Waals surface area contributed by atoms with Crippen molar-refractivity contribution in [1.82, 2.24) is 0 Å². The fourth-order valence-corrected chi connectivity index (χ4v) is 2.90. The molecular weight excluding hydrogens is 244 g/mol. The lowest BCUT2D eigenvalue weighted by molar-refractivity contribution is -0.110. The highest BCUT2D eigenvalue weighted by molar-refractivity contribution is 6.29. The molecule has 94 valence electrons. The van der Waals surface area contributed by atoms with E-state index < -0.39 is 0 Å². The molecule has 1 heteroatoms. The molecule has 0 fully saturated rings. The van der Waals surface area contributed by atoms with Gasteiger partial charge in [0.1, 0.15) is 0 Å². The quantitative estimate of drug-likeness (QED) is 0.749. The van der Waals surface area contributed by atoms with Gasteiger partial charge in [0.25, 0.3) is 0 Å². The summed E-state index contributed by atoms with van der Waals surface area (Å²) in [4.78, 5) is 12.1. The standard InChI is InChI=1S/C19H12O/c20-18-11-10-16(13-6-2-1-3-7-13)19-15-9-5-4-8-14(15)12-17(18)19/h1-12H. The summed E-state index contributed by atoms with van der Waals surface area (Å²) in [6.07, 6.45) is 5.61. The summed E-state index contributed by atoms with van der Waals surface area (Å²) in [7, 11) is 0. The average Bonchev–Trinajstić information content (AvgIpc) is 2.89. The SMILES string of the molecule is O=C1C=CC(c2ccccc2)=C2C1=Cc1ccccc12. The molecule has 0 saturated heterocycles. The minimum atomic E-state index is 0.0934. The van der Waals surface area contributed by atoms with E-state index in [0.29, 0.717) is 0 Å². The Morgan fingerprint density at radius 3 is 2.35 bits per heavy atom. The van der Waals surface area contributed by atoms with Crippen molar-refractivity contribution in [2.45, 2.75) is 0 Å². The monoisotopic (exact) mass is 256 g/mol. The third-order valence-electron chi connectivity index (χ3n) is 3.82. The Bertz CT molecular complexity index is 805. The molecule has 2 aliphatic carbocycles. The predicted octanol–water partition coefficient (Wildman–Crippen LogP) is 4.13. The van der Waals surface area contributed by atoms with Crippen LogP contribution in [-0.2, 0) is 4.79 Å². The van der Waals surface area contributed by atoms with Crippen LogP contribution in [0.3, 0.4) is 0 Å². The molecule has 0 aliphatic heterocycles. The first-order valence-electron chi connectivity index (χ1n) is 6.68. The van der Waals surface area contributed by atoms with Crippen molar-refractivity contribution in [2.75, 3.05) is 0 Å². The summed E-state index contributed by atoms with van der Waals surface area (Å²) in [5.74, 6) is 0.0934. The summed E-state index contributed by atoms with van der Waals surface area (Å²) < 4.78 is 0. The predicted molar refractivity (Wildman–Crippen MR) is 81.8 cm³/mol. The van der Waals surface area contributed by atoms with Crippen LogP contribution in [0.15, 0.2) is 72.3 Å². The van der Waals surface area contributed by atoms with E-state index in [2.05, 4.69) is 24.3 Å². The van der Waals surface area contributed by atoms with Gasteiger partial charge in [0.15, 0.2) is 5.78 Å². The molecule has 2 aromatic rings. The van der Waals surface area contributed by atoms with Crippen molar-refractivity contribution in [1.29, 1.82) is 0 Å². The highest BCUT2D eigenvalue weighted by atomic mass is 16.1. The molecule has 4 rings (SSSR count). The Balaban J connectivity index is 2.03. The van der Waals surface area contributed by atoms with Crippen LogP contribution in [0.4, 0.5) is 0 Å². The van der Waals surface area contributed by atoms with Crippen molar-refractivity contribution >= 4 is 23.0 Å². The minimum absolute atomic E-state index is 0.0934. The Morgan fingerprint density at radius 2 is 1.50 bits per heavy atom. The van der Waals surface area contributed by atoms with Crippen LogP contribution >= 0.6 is 0 Å². The summed E-state index contributed by atoms with van der Waals surface area (Å²) in [6.45, 7) is 0. The molecule has 2 aromatic carbocycles. The van der Waals surface area contributed by atoms with Crippen LogP contribution in [0, 0.1) is 0 Å². The first-order valence-corrected chi connectivity index (χ1v) is 6.68. The van der Waals surface area contributed by atoms with Gasteiger partial charge < -0.3 is 0 Å². The van der Waals surface area contributed by atoms with Crippen molar-refractivity contribution in [3.8, 4) is 0 Å². The summed E-state index contributed by atoms with van der Waals surface area (Å²) in [6, 6.07) is 18.4. The van der Waals surface area contributed by atoms with Crippen LogP contribution in [0.1, 0.15) is 16.7 Å². The van der Waals surface area contributed by atoms with Crippen molar-refractivity contribution in [3.05, 3.63) is 89.0 Å². The highest BCUT2D eigenvalue weighted by Crippen LogP contribution is 2.43. The van der Waals surface area contributed by atoms with E-state index in [1.807, 2.05) is 42.5 Å². The lowest BCUT2D eigenvalue weighted by Crippen LogP contribution is -2.04. The maximum absolute atomic E-state index is 12.1. The van der Waals surface area contributed by atoms with Crippen LogP contribution in [0.5, 0.6) is 0 Å². The van der Waals surface area contributed by atoms with Crippen LogP contribution in [0.25, 0.3) is 17.2 Å².